The van der Waals surface area contributed by atoms with Crippen LogP contribution in [0.2, 0.25) is 0 Å². The molecule has 0 bridgehead atoms. The molecule has 162 valence electrons. The molecule has 0 saturated heterocycles. The van der Waals surface area contributed by atoms with Crippen LogP contribution < -0.4 is 4.90 Å². The van der Waals surface area contributed by atoms with E-state index in [0.717, 1.165) is 50.3 Å². The van der Waals surface area contributed by atoms with Crippen molar-refractivity contribution in [3.63, 3.8) is 0 Å². The fraction of sp³-hybridized carbons (Fsp3) is 0.214. The van der Waals surface area contributed by atoms with Crippen molar-refractivity contribution in [2.45, 2.75) is 40.5 Å². The Kier molecular flexibility index (Phi) is 9.26. The van der Waals surface area contributed by atoms with Gasteiger partial charge in [0, 0.05) is 21.4 Å². The topological polar surface area (TPSA) is 3.24 Å². The highest BCUT2D eigenvalue weighted by molar-refractivity contribution is 9.10. The van der Waals surface area contributed by atoms with Gasteiger partial charge < -0.3 is 4.90 Å². The maximum absolute atomic E-state index is 14.5. The normalized spacial score (nSPS) is 15.9. The van der Waals surface area contributed by atoms with Crippen molar-refractivity contribution >= 4 is 21.6 Å². The molecule has 1 nitrogen and oxygen atoms in total. The molecule has 0 aromatic heterocycles. The Hall–Kier alpha value is -2.65. The Labute approximate surface area is 195 Å². The van der Waals surface area contributed by atoms with Crippen LogP contribution in [0.25, 0.3) is 0 Å². The summed E-state index contributed by atoms with van der Waals surface area (Å²) in [4.78, 5) is 2.15. The number of hydrogen-bond acceptors (Lipinski definition) is 1. The van der Waals surface area contributed by atoms with Crippen molar-refractivity contribution in [1.82, 2.24) is 0 Å². The van der Waals surface area contributed by atoms with E-state index in [1.807, 2.05) is 70.2 Å². The number of benzene rings is 1. The van der Waals surface area contributed by atoms with Gasteiger partial charge in [0.25, 0.3) is 0 Å². The molecule has 31 heavy (non-hydrogen) atoms. The Morgan fingerprint density at radius 3 is 2.29 bits per heavy atom. The van der Waals surface area contributed by atoms with Gasteiger partial charge in [0.15, 0.2) is 0 Å². The average molecular weight is 480 g/mol. The van der Waals surface area contributed by atoms with E-state index in [-0.39, 0.29) is 5.83 Å². The van der Waals surface area contributed by atoms with E-state index in [4.69, 9.17) is 0 Å². The quantitative estimate of drug-likeness (QED) is 0.335. The van der Waals surface area contributed by atoms with E-state index in [1.54, 1.807) is 6.08 Å². The molecule has 0 amide bonds. The minimum absolute atomic E-state index is 0.143. The highest BCUT2D eigenvalue weighted by Gasteiger charge is 2.20. The third-order valence-electron chi connectivity index (χ3n) is 5.04. The van der Waals surface area contributed by atoms with Gasteiger partial charge in [-0.1, -0.05) is 59.0 Å². The van der Waals surface area contributed by atoms with Crippen LogP contribution in [0.4, 0.5) is 10.1 Å². The fourth-order valence-electron chi connectivity index (χ4n) is 3.39. The molecule has 1 aromatic carbocycles. The van der Waals surface area contributed by atoms with Crippen molar-refractivity contribution in [2.24, 2.45) is 0 Å². The highest BCUT2D eigenvalue weighted by Crippen LogP contribution is 2.35. The van der Waals surface area contributed by atoms with E-state index in [0.29, 0.717) is 6.42 Å². The molecule has 0 saturated carbocycles. The second kappa shape index (κ2) is 11.7. The minimum Gasteiger partial charge on any atom is -0.310 e. The Morgan fingerprint density at radius 1 is 1.10 bits per heavy atom. The van der Waals surface area contributed by atoms with Crippen LogP contribution in [0.5, 0.6) is 0 Å². The molecular weight excluding hydrogens is 449 g/mol. The SMILES string of the molecule is C=C/C(=C(\C=C/C)C1=CC(F)=C(C)CC1)N(C(/C=C\C(=C)C)=C/C)c1ccc(Br)cc1. The van der Waals surface area contributed by atoms with Crippen LogP contribution in [0.3, 0.4) is 0 Å². The lowest BCUT2D eigenvalue weighted by molar-refractivity contribution is 0.632. The fourth-order valence-corrected chi connectivity index (χ4v) is 3.66. The highest BCUT2D eigenvalue weighted by atomic mass is 79.9. The molecular formula is C28H31BrFN. The van der Waals surface area contributed by atoms with Crippen LogP contribution in [-0.4, -0.2) is 0 Å². The van der Waals surface area contributed by atoms with Crippen LogP contribution in [-0.2, 0) is 0 Å². The monoisotopic (exact) mass is 479 g/mol. The number of rotatable bonds is 8. The van der Waals surface area contributed by atoms with E-state index >= 15 is 0 Å². The second-order valence-electron chi connectivity index (χ2n) is 7.51. The van der Waals surface area contributed by atoms with Crippen molar-refractivity contribution < 1.29 is 4.39 Å². The maximum atomic E-state index is 14.5. The molecule has 0 unspecified atom stereocenters. The van der Waals surface area contributed by atoms with E-state index in [2.05, 4.69) is 52.2 Å². The summed E-state index contributed by atoms with van der Waals surface area (Å²) in [5.41, 5.74) is 6.56. The number of allylic oxidation sites excluding steroid dienone is 12. The first-order valence-corrected chi connectivity index (χ1v) is 11.2. The smallest absolute Gasteiger partial charge is 0.122 e. The third-order valence-corrected chi connectivity index (χ3v) is 5.57. The predicted octanol–water partition coefficient (Wildman–Crippen LogP) is 9.27. The molecule has 0 heterocycles. The molecule has 3 heteroatoms. The number of hydrogen-bond donors (Lipinski definition) is 0. The first kappa shape index (κ1) is 24.6. The minimum atomic E-state index is -0.143. The third kappa shape index (κ3) is 6.41. The first-order chi connectivity index (χ1) is 14.8. The Bertz CT molecular complexity index is 1010. The molecule has 0 fully saturated rings. The van der Waals surface area contributed by atoms with E-state index in [1.165, 1.54) is 0 Å². The van der Waals surface area contributed by atoms with Crippen LogP contribution in [0, 0.1) is 0 Å². The molecule has 1 aromatic rings. The lowest BCUT2D eigenvalue weighted by Crippen LogP contribution is -2.22. The maximum Gasteiger partial charge on any atom is 0.122 e. The van der Waals surface area contributed by atoms with Crippen molar-refractivity contribution in [1.29, 1.82) is 0 Å². The lowest BCUT2D eigenvalue weighted by atomic mass is 9.91. The molecule has 1 aliphatic rings. The molecule has 0 N–H and O–H groups in total. The summed E-state index contributed by atoms with van der Waals surface area (Å²) < 4.78 is 15.5. The summed E-state index contributed by atoms with van der Waals surface area (Å²) in [6, 6.07) is 8.14. The Morgan fingerprint density at radius 2 is 1.77 bits per heavy atom. The van der Waals surface area contributed by atoms with Crippen LogP contribution in [0.1, 0.15) is 40.5 Å². The van der Waals surface area contributed by atoms with Gasteiger partial charge in [-0.2, -0.15) is 0 Å². The molecule has 0 aliphatic heterocycles. The number of nitrogens with zero attached hydrogens (tertiary/aromatic N) is 1. The molecule has 2 rings (SSSR count). The summed E-state index contributed by atoms with van der Waals surface area (Å²) in [5.74, 6) is -0.143. The molecule has 0 radical (unpaired) electrons. The van der Waals surface area contributed by atoms with E-state index < -0.39 is 0 Å². The Balaban J connectivity index is 2.80. The van der Waals surface area contributed by atoms with Gasteiger partial charge in [0.1, 0.15) is 5.83 Å². The van der Waals surface area contributed by atoms with Crippen molar-refractivity contribution in [3.05, 3.63) is 124 Å². The molecule has 0 spiro atoms. The zero-order valence-corrected chi connectivity index (χ0v) is 20.5. The number of anilines is 1. The first-order valence-electron chi connectivity index (χ1n) is 10.4. The van der Waals surface area contributed by atoms with Crippen molar-refractivity contribution in [2.75, 3.05) is 4.90 Å². The summed E-state index contributed by atoms with van der Waals surface area (Å²) in [6.45, 7) is 15.9. The molecule has 0 atom stereocenters. The second-order valence-corrected chi connectivity index (χ2v) is 8.42. The van der Waals surface area contributed by atoms with Gasteiger partial charge in [-0.25, -0.2) is 4.39 Å². The molecule has 1 aliphatic carbocycles. The summed E-state index contributed by atoms with van der Waals surface area (Å²) in [6.07, 6.45) is 15.1. The lowest BCUT2D eigenvalue weighted by Gasteiger charge is -2.30. The predicted molar refractivity (Wildman–Crippen MR) is 137 cm³/mol. The summed E-state index contributed by atoms with van der Waals surface area (Å²) in [5, 5.41) is 0. The van der Waals surface area contributed by atoms with Crippen LogP contribution >= 0.6 is 15.9 Å². The van der Waals surface area contributed by atoms with Gasteiger partial charge in [-0.15, -0.1) is 0 Å². The van der Waals surface area contributed by atoms with Gasteiger partial charge in [0.05, 0.1) is 5.70 Å². The summed E-state index contributed by atoms with van der Waals surface area (Å²) >= 11 is 3.52. The van der Waals surface area contributed by atoms with Gasteiger partial charge in [0.2, 0.25) is 0 Å². The average Bonchev–Trinajstić information content (AvgIpc) is 2.75. The van der Waals surface area contributed by atoms with Gasteiger partial charge in [-0.3, -0.25) is 0 Å². The zero-order valence-electron chi connectivity index (χ0n) is 18.9. The van der Waals surface area contributed by atoms with Gasteiger partial charge in [-0.05, 0) is 94.2 Å². The van der Waals surface area contributed by atoms with E-state index in [9.17, 15) is 4.39 Å². The summed E-state index contributed by atoms with van der Waals surface area (Å²) in [7, 11) is 0. The standard InChI is InChI=1S/C28H31BrFN/c1-7-10-26(22-13-12-21(6)27(30)19-22)28(9-3)31(24(8-2)16-11-20(4)5)25-17-14-23(29)15-18-25/h7-11,14-19H,3-4,12-13H2,1-2,5-6H3/b10-7-,16-11-,24-8+,28-26-. The largest absolute Gasteiger partial charge is 0.310 e. The zero-order chi connectivity index (χ0) is 23.0. The van der Waals surface area contributed by atoms with Crippen molar-refractivity contribution in [3.8, 4) is 0 Å². The van der Waals surface area contributed by atoms with Gasteiger partial charge >= 0.3 is 0 Å². The van der Waals surface area contributed by atoms with Crippen LogP contribution in [0.15, 0.2) is 124 Å². The number of halogens is 2.